The van der Waals surface area contributed by atoms with Crippen molar-refractivity contribution in [3.63, 3.8) is 0 Å². The van der Waals surface area contributed by atoms with Gasteiger partial charge in [0.15, 0.2) is 5.76 Å². The zero-order chi connectivity index (χ0) is 13.4. The van der Waals surface area contributed by atoms with Gasteiger partial charge in [-0.1, -0.05) is 13.8 Å². The van der Waals surface area contributed by atoms with Crippen molar-refractivity contribution < 1.29 is 13.9 Å². The minimum atomic E-state index is -0.349. The summed E-state index contributed by atoms with van der Waals surface area (Å²) in [6.07, 6.45) is 3.19. The molecule has 0 unspecified atom stereocenters. The Bertz CT molecular complexity index is 385. The summed E-state index contributed by atoms with van der Waals surface area (Å²) in [4.78, 5) is 16.1. The summed E-state index contributed by atoms with van der Waals surface area (Å²) < 4.78 is 10.4. The summed E-state index contributed by atoms with van der Waals surface area (Å²) in [7, 11) is 0. The van der Waals surface area contributed by atoms with Crippen LogP contribution in [0.4, 0.5) is 0 Å². The lowest BCUT2D eigenvalue weighted by Gasteiger charge is -2.11. The molecule has 0 radical (unpaired) electrons. The predicted octanol–water partition coefficient (Wildman–Crippen LogP) is 2.59. The van der Waals surface area contributed by atoms with Crippen LogP contribution in [0.15, 0.2) is 27.8 Å². The van der Waals surface area contributed by atoms with Gasteiger partial charge in [-0.05, 0) is 31.9 Å². The monoisotopic (exact) mass is 252 g/mol. The van der Waals surface area contributed by atoms with Crippen LogP contribution in [0.3, 0.4) is 0 Å². The molecule has 18 heavy (non-hydrogen) atoms. The lowest BCUT2D eigenvalue weighted by molar-refractivity contribution is 0.0938. The van der Waals surface area contributed by atoms with Crippen molar-refractivity contribution in [2.24, 2.45) is 4.99 Å². The molecule has 1 heterocycles. The van der Waals surface area contributed by atoms with Crippen molar-refractivity contribution in [3.8, 4) is 0 Å². The predicted molar refractivity (Wildman–Crippen MR) is 69.6 cm³/mol. The molecule has 1 amide bonds. The zero-order valence-electron chi connectivity index (χ0n) is 11.1. The molecule has 0 aliphatic heterocycles. The van der Waals surface area contributed by atoms with Crippen molar-refractivity contribution in [1.29, 1.82) is 0 Å². The summed E-state index contributed by atoms with van der Waals surface area (Å²) in [5.41, 5.74) is 0. The van der Waals surface area contributed by atoms with Crippen LogP contribution in [-0.2, 0) is 4.74 Å². The number of nitrogens with one attached hydrogen (secondary N) is 1. The van der Waals surface area contributed by atoms with E-state index in [1.165, 1.54) is 6.26 Å². The minimum Gasteiger partial charge on any atom is -0.465 e. The molecule has 1 N–H and O–H groups in total. The second kappa shape index (κ2) is 7.53. The second-order valence-electron chi connectivity index (χ2n) is 3.97. The maximum atomic E-state index is 11.8. The molecule has 0 bridgehead atoms. The highest BCUT2D eigenvalue weighted by Gasteiger charge is 2.13. The Morgan fingerprint density at radius 1 is 1.56 bits per heavy atom. The van der Waals surface area contributed by atoms with Gasteiger partial charge >= 0.3 is 0 Å². The summed E-state index contributed by atoms with van der Waals surface area (Å²) in [5.74, 6) is -0.106. The second-order valence-corrected chi connectivity index (χ2v) is 3.97. The highest BCUT2D eigenvalue weighted by molar-refractivity contribution is 6.02. The fraction of sp³-hybridized carbons (Fsp3) is 0.538. The largest absolute Gasteiger partial charge is 0.465 e. The highest BCUT2D eigenvalue weighted by Crippen LogP contribution is 2.01. The Hall–Kier alpha value is -1.78. The Balaban J connectivity index is 2.66. The first kappa shape index (κ1) is 14.3. The molecule has 0 saturated carbocycles. The van der Waals surface area contributed by atoms with Crippen molar-refractivity contribution in [3.05, 3.63) is 24.2 Å². The van der Waals surface area contributed by atoms with E-state index in [1.807, 2.05) is 20.8 Å². The molecule has 1 atom stereocenters. The maximum Gasteiger partial charge on any atom is 0.294 e. The highest BCUT2D eigenvalue weighted by atomic mass is 16.5. The van der Waals surface area contributed by atoms with E-state index in [0.717, 1.165) is 12.8 Å². The Labute approximate surface area is 107 Å². The topological polar surface area (TPSA) is 63.8 Å². The molecule has 0 saturated heterocycles. The molecular formula is C13H20N2O3. The molecule has 100 valence electrons. The molecule has 5 heteroatoms. The zero-order valence-corrected chi connectivity index (χ0v) is 11.1. The Morgan fingerprint density at radius 2 is 2.33 bits per heavy atom. The molecule has 0 aliphatic rings. The fourth-order valence-electron chi connectivity index (χ4n) is 1.16. The number of hydrogen-bond donors (Lipinski definition) is 1. The van der Waals surface area contributed by atoms with Crippen LogP contribution in [-0.4, -0.2) is 24.6 Å². The van der Waals surface area contributed by atoms with Crippen LogP contribution in [0.1, 0.15) is 44.2 Å². The fourth-order valence-corrected chi connectivity index (χ4v) is 1.16. The van der Waals surface area contributed by atoms with Crippen LogP contribution in [0.5, 0.6) is 0 Å². The van der Waals surface area contributed by atoms with E-state index in [2.05, 4.69) is 10.3 Å². The normalized spacial score (nSPS) is 13.2. The number of hydrogen-bond acceptors (Lipinski definition) is 4. The van der Waals surface area contributed by atoms with Crippen molar-refractivity contribution in [1.82, 2.24) is 5.32 Å². The summed E-state index contributed by atoms with van der Waals surface area (Å²) in [5, 5.41) is 2.61. The number of nitrogens with zero attached hydrogens (tertiary/aromatic N) is 1. The van der Waals surface area contributed by atoms with E-state index in [-0.39, 0.29) is 23.7 Å². The van der Waals surface area contributed by atoms with Gasteiger partial charge in [0.2, 0.25) is 0 Å². The molecule has 0 fully saturated rings. The van der Waals surface area contributed by atoms with Crippen LogP contribution in [0.25, 0.3) is 0 Å². The average molecular weight is 252 g/mol. The average Bonchev–Trinajstić information content (AvgIpc) is 2.89. The number of carbonyl (C=O) groups excluding carboxylic acids is 1. The summed E-state index contributed by atoms with van der Waals surface area (Å²) in [6.45, 7) is 6.51. The van der Waals surface area contributed by atoms with Crippen molar-refractivity contribution in [2.45, 2.75) is 39.7 Å². The quantitative estimate of drug-likeness (QED) is 0.647. The molecule has 0 spiro atoms. The third kappa shape index (κ3) is 4.61. The summed E-state index contributed by atoms with van der Waals surface area (Å²) in [6, 6.07) is 3.62. The van der Waals surface area contributed by atoms with Crippen LogP contribution in [0.2, 0.25) is 0 Å². The number of furan rings is 1. The van der Waals surface area contributed by atoms with Crippen LogP contribution >= 0.6 is 0 Å². The summed E-state index contributed by atoms with van der Waals surface area (Å²) >= 11 is 0. The van der Waals surface area contributed by atoms with Gasteiger partial charge in [-0.3, -0.25) is 10.1 Å². The van der Waals surface area contributed by atoms with Crippen LogP contribution < -0.4 is 5.32 Å². The van der Waals surface area contributed by atoms with E-state index in [4.69, 9.17) is 9.15 Å². The molecule has 1 aromatic rings. The first-order valence-corrected chi connectivity index (χ1v) is 6.22. The third-order valence-electron chi connectivity index (χ3n) is 2.34. The molecule has 1 rings (SSSR count). The standard InChI is InChI=1S/C13H20N2O3/c1-4-8-18-13(14-10(3)5-2)15-12(16)11-7-6-9-17-11/h6-7,9-10H,4-5,8H2,1-3H3,(H,14,15,16)/t10-/m1/s1. The Kier molecular flexibility index (Phi) is 5.97. The smallest absolute Gasteiger partial charge is 0.294 e. The lowest BCUT2D eigenvalue weighted by atomic mass is 10.3. The van der Waals surface area contributed by atoms with Crippen LogP contribution in [0, 0.1) is 0 Å². The lowest BCUT2D eigenvalue weighted by Crippen LogP contribution is -2.33. The first-order chi connectivity index (χ1) is 8.67. The molecule has 5 nitrogen and oxygen atoms in total. The molecule has 1 aromatic heterocycles. The van der Waals surface area contributed by atoms with E-state index in [0.29, 0.717) is 6.61 Å². The minimum absolute atomic E-state index is 0.105. The molecule has 0 aromatic carbocycles. The number of amides is 1. The van der Waals surface area contributed by atoms with Crippen molar-refractivity contribution in [2.75, 3.05) is 6.61 Å². The van der Waals surface area contributed by atoms with E-state index < -0.39 is 0 Å². The number of carbonyl (C=O) groups is 1. The Morgan fingerprint density at radius 3 is 2.89 bits per heavy atom. The first-order valence-electron chi connectivity index (χ1n) is 6.22. The van der Waals surface area contributed by atoms with Gasteiger partial charge in [0, 0.05) is 0 Å². The number of aliphatic imine (C=N–C) groups is 1. The SMILES string of the molecule is CCCOC(=N[C@H](C)CC)NC(=O)c1ccco1. The number of rotatable bonds is 5. The van der Waals surface area contributed by atoms with Gasteiger partial charge in [-0.25, -0.2) is 4.99 Å². The molecule has 0 aliphatic carbocycles. The van der Waals surface area contributed by atoms with Gasteiger partial charge < -0.3 is 9.15 Å². The van der Waals surface area contributed by atoms with E-state index in [1.54, 1.807) is 12.1 Å². The number of ether oxygens (including phenoxy) is 1. The van der Waals surface area contributed by atoms with Gasteiger partial charge in [-0.15, -0.1) is 0 Å². The number of amidine groups is 1. The van der Waals surface area contributed by atoms with Gasteiger partial charge in [0.05, 0.1) is 18.9 Å². The van der Waals surface area contributed by atoms with Gasteiger partial charge in [0.1, 0.15) is 0 Å². The van der Waals surface area contributed by atoms with Crippen molar-refractivity contribution >= 4 is 11.9 Å². The molecular weight excluding hydrogens is 232 g/mol. The van der Waals surface area contributed by atoms with Gasteiger partial charge in [0.25, 0.3) is 11.9 Å². The maximum absolute atomic E-state index is 11.8. The van der Waals surface area contributed by atoms with E-state index >= 15 is 0 Å². The third-order valence-corrected chi connectivity index (χ3v) is 2.34. The van der Waals surface area contributed by atoms with Gasteiger partial charge in [-0.2, -0.15) is 0 Å². The van der Waals surface area contributed by atoms with E-state index in [9.17, 15) is 4.79 Å².